The highest BCUT2D eigenvalue weighted by Gasteiger charge is 2.41. The van der Waals surface area contributed by atoms with Crippen molar-refractivity contribution < 1.29 is 12.9 Å². The van der Waals surface area contributed by atoms with Crippen molar-refractivity contribution in [1.29, 1.82) is 0 Å². The van der Waals surface area contributed by atoms with Crippen molar-refractivity contribution in [2.24, 2.45) is 0 Å². The summed E-state index contributed by atoms with van der Waals surface area (Å²) in [6.45, 7) is 3.58. The molecule has 1 N–H and O–H groups in total. The Hall–Kier alpha value is -1.25. The molecule has 8 heteroatoms. The van der Waals surface area contributed by atoms with Crippen molar-refractivity contribution in [1.82, 2.24) is 14.9 Å². The zero-order valence-corrected chi connectivity index (χ0v) is 16.8. The number of hydrogen-bond acceptors (Lipinski definition) is 5. The topological polar surface area (TPSA) is 85.1 Å². The van der Waals surface area contributed by atoms with Crippen LogP contribution in [0.4, 0.5) is 0 Å². The van der Waals surface area contributed by atoms with Crippen LogP contribution in [-0.2, 0) is 15.6 Å². The molecule has 1 heterocycles. The first-order valence-corrected chi connectivity index (χ1v) is 10.7. The van der Waals surface area contributed by atoms with Gasteiger partial charge in [-0.2, -0.15) is 9.71 Å². The lowest BCUT2D eigenvalue weighted by atomic mass is 9.91. The second-order valence-electron chi connectivity index (χ2n) is 6.65. The fourth-order valence-corrected chi connectivity index (χ4v) is 5.05. The molecule has 0 bridgehead atoms. The van der Waals surface area contributed by atoms with Gasteiger partial charge in [-0.1, -0.05) is 46.8 Å². The molecule has 1 fully saturated rings. The Labute approximate surface area is 156 Å². The van der Waals surface area contributed by atoms with Gasteiger partial charge in [0.1, 0.15) is 0 Å². The highest BCUT2D eigenvalue weighted by Crippen LogP contribution is 2.36. The molecule has 1 aromatic heterocycles. The van der Waals surface area contributed by atoms with Crippen LogP contribution in [0.15, 0.2) is 32.1 Å². The molecule has 1 aliphatic carbocycles. The monoisotopic (exact) mass is 427 g/mol. The molecule has 0 amide bonds. The Morgan fingerprint density at radius 3 is 2.40 bits per heavy atom. The Balaban J connectivity index is 2.00. The van der Waals surface area contributed by atoms with E-state index in [-0.39, 0.29) is 4.90 Å². The Morgan fingerprint density at radius 2 is 1.84 bits per heavy atom. The molecular weight excluding hydrogens is 406 g/mol. The molecule has 0 unspecified atom stereocenters. The van der Waals surface area contributed by atoms with Gasteiger partial charge < -0.3 is 4.52 Å². The number of benzene rings is 1. The number of halogens is 1. The summed E-state index contributed by atoms with van der Waals surface area (Å²) < 4.78 is 35.0. The Bertz CT molecular complexity index is 856. The molecule has 0 spiro atoms. The number of aryl methyl sites for hydroxylation is 2. The third kappa shape index (κ3) is 3.96. The molecule has 0 saturated heterocycles. The first-order valence-electron chi connectivity index (χ1n) is 8.43. The van der Waals surface area contributed by atoms with Crippen LogP contribution in [0.25, 0.3) is 0 Å². The van der Waals surface area contributed by atoms with Gasteiger partial charge in [0.05, 0.1) is 10.4 Å². The van der Waals surface area contributed by atoms with E-state index in [1.54, 1.807) is 25.1 Å². The Morgan fingerprint density at radius 1 is 1.16 bits per heavy atom. The number of aromatic nitrogens is 2. The average molecular weight is 428 g/mol. The van der Waals surface area contributed by atoms with E-state index in [9.17, 15) is 8.42 Å². The van der Waals surface area contributed by atoms with E-state index >= 15 is 0 Å². The predicted octanol–water partition coefficient (Wildman–Crippen LogP) is 3.98. The lowest BCUT2D eigenvalue weighted by Gasteiger charge is -2.30. The van der Waals surface area contributed by atoms with Gasteiger partial charge in [0.2, 0.25) is 15.9 Å². The minimum Gasteiger partial charge on any atom is -0.340 e. The maximum Gasteiger partial charge on any atom is 0.241 e. The summed E-state index contributed by atoms with van der Waals surface area (Å²) in [5.41, 5.74) is 0.0573. The smallest absolute Gasteiger partial charge is 0.241 e. The largest absolute Gasteiger partial charge is 0.340 e. The molecular formula is C17H22BrN3O3S. The zero-order chi connectivity index (χ0) is 18.1. The molecule has 0 aliphatic heterocycles. The van der Waals surface area contributed by atoms with Gasteiger partial charge in [0.25, 0.3) is 0 Å². The van der Waals surface area contributed by atoms with E-state index in [1.807, 2.05) is 6.92 Å². The lowest BCUT2D eigenvalue weighted by Crippen LogP contribution is -2.46. The van der Waals surface area contributed by atoms with Crippen LogP contribution >= 0.6 is 15.9 Å². The van der Waals surface area contributed by atoms with Crippen molar-refractivity contribution in [3.63, 3.8) is 0 Å². The second kappa shape index (κ2) is 7.17. The van der Waals surface area contributed by atoms with E-state index < -0.39 is 15.6 Å². The molecule has 1 aliphatic rings. The Kier molecular flexibility index (Phi) is 5.31. The maximum absolute atomic E-state index is 13.0. The van der Waals surface area contributed by atoms with Gasteiger partial charge in [-0.15, -0.1) is 0 Å². The summed E-state index contributed by atoms with van der Waals surface area (Å²) >= 11 is 3.41. The molecule has 3 rings (SSSR count). The highest BCUT2D eigenvalue weighted by molar-refractivity contribution is 9.10. The van der Waals surface area contributed by atoms with Gasteiger partial charge in [-0.05, 0) is 43.5 Å². The summed E-state index contributed by atoms with van der Waals surface area (Å²) in [4.78, 5) is 4.59. The zero-order valence-electron chi connectivity index (χ0n) is 14.4. The second-order valence-corrected chi connectivity index (χ2v) is 9.19. The number of nitrogens with zero attached hydrogens (tertiary/aromatic N) is 2. The van der Waals surface area contributed by atoms with Crippen molar-refractivity contribution in [2.45, 2.75) is 62.8 Å². The fourth-order valence-electron chi connectivity index (χ4n) is 3.30. The maximum atomic E-state index is 13.0. The van der Waals surface area contributed by atoms with E-state index in [0.29, 0.717) is 24.6 Å². The molecule has 0 atom stereocenters. The molecule has 1 saturated carbocycles. The molecule has 25 heavy (non-hydrogen) atoms. The number of nitrogens with one attached hydrogen (secondary N) is 1. The van der Waals surface area contributed by atoms with Crippen molar-refractivity contribution in [3.8, 4) is 0 Å². The lowest BCUT2D eigenvalue weighted by molar-refractivity contribution is 0.301. The first-order chi connectivity index (χ1) is 11.8. The summed E-state index contributed by atoms with van der Waals surface area (Å²) in [5.74, 6) is 0.876. The third-order valence-corrected chi connectivity index (χ3v) is 7.11. The first kappa shape index (κ1) is 18.5. The predicted molar refractivity (Wildman–Crippen MR) is 97.6 cm³/mol. The normalized spacial score (nSPS) is 18.0. The molecule has 1 aromatic carbocycles. The van der Waals surface area contributed by atoms with Crippen LogP contribution < -0.4 is 4.72 Å². The van der Waals surface area contributed by atoms with Gasteiger partial charge in [0.15, 0.2) is 5.82 Å². The standard InChI is InChI=1S/C17H22BrN3O3S/c1-12-11-14(7-8-15(12)18)25(22,23)21-17(9-5-3-4-6-10-17)16-19-13(2)24-20-16/h7-8,11,21H,3-6,9-10H2,1-2H3. The number of sulfonamides is 1. The average Bonchev–Trinajstić information content (AvgIpc) is 2.86. The minimum absolute atomic E-state index is 0.247. The quantitative estimate of drug-likeness (QED) is 0.745. The fraction of sp³-hybridized carbons (Fsp3) is 0.529. The minimum atomic E-state index is -3.71. The molecule has 2 aromatic rings. The van der Waals surface area contributed by atoms with Crippen LogP contribution in [-0.4, -0.2) is 18.6 Å². The van der Waals surface area contributed by atoms with Gasteiger partial charge in [0, 0.05) is 11.4 Å². The SMILES string of the molecule is Cc1nc(C2(NS(=O)(=O)c3ccc(Br)c(C)c3)CCCCCC2)no1. The van der Waals surface area contributed by atoms with E-state index in [2.05, 4.69) is 30.8 Å². The molecule has 6 nitrogen and oxygen atoms in total. The summed E-state index contributed by atoms with van der Waals surface area (Å²) in [6, 6.07) is 5.02. The van der Waals surface area contributed by atoms with E-state index in [4.69, 9.17) is 4.52 Å². The summed E-state index contributed by atoms with van der Waals surface area (Å²) in [6.07, 6.45) is 5.35. The van der Waals surface area contributed by atoms with Crippen LogP contribution in [0, 0.1) is 13.8 Å². The van der Waals surface area contributed by atoms with Gasteiger partial charge in [-0.3, -0.25) is 0 Å². The molecule has 0 radical (unpaired) electrons. The van der Waals surface area contributed by atoms with Crippen LogP contribution in [0.5, 0.6) is 0 Å². The van der Waals surface area contributed by atoms with Crippen LogP contribution in [0.1, 0.15) is 55.8 Å². The van der Waals surface area contributed by atoms with Crippen molar-refractivity contribution in [3.05, 3.63) is 40.0 Å². The number of rotatable bonds is 4. The summed E-state index contributed by atoms with van der Waals surface area (Å²) in [5, 5.41) is 4.04. The van der Waals surface area contributed by atoms with Crippen molar-refractivity contribution >= 4 is 26.0 Å². The van der Waals surface area contributed by atoms with Crippen molar-refractivity contribution in [2.75, 3.05) is 0 Å². The van der Waals surface area contributed by atoms with E-state index in [1.165, 1.54) is 0 Å². The number of hydrogen-bond donors (Lipinski definition) is 1. The third-order valence-electron chi connectivity index (χ3n) is 4.68. The van der Waals surface area contributed by atoms with Crippen LogP contribution in [0.3, 0.4) is 0 Å². The van der Waals surface area contributed by atoms with E-state index in [0.717, 1.165) is 35.7 Å². The summed E-state index contributed by atoms with van der Waals surface area (Å²) in [7, 11) is -3.71. The van der Waals surface area contributed by atoms with Crippen LogP contribution in [0.2, 0.25) is 0 Å². The van der Waals surface area contributed by atoms with Gasteiger partial charge in [-0.25, -0.2) is 8.42 Å². The highest BCUT2D eigenvalue weighted by atomic mass is 79.9. The molecule has 136 valence electrons. The van der Waals surface area contributed by atoms with Gasteiger partial charge >= 0.3 is 0 Å².